The van der Waals surface area contributed by atoms with Crippen molar-refractivity contribution in [2.24, 2.45) is 0 Å². The highest BCUT2D eigenvalue weighted by Gasteiger charge is 2.14. The van der Waals surface area contributed by atoms with Crippen molar-refractivity contribution in [3.63, 3.8) is 0 Å². The van der Waals surface area contributed by atoms with Crippen LogP contribution in [0.4, 0.5) is 16.2 Å². The van der Waals surface area contributed by atoms with Crippen molar-refractivity contribution in [3.05, 3.63) is 34.4 Å². The van der Waals surface area contributed by atoms with Gasteiger partial charge in [-0.25, -0.2) is 4.79 Å². The molecule has 1 rings (SSSR count). The van der Waals surface area contributed by atoms with Crippen LogP contribution in [-0.4, -0.2) is 42.0 Å². The minimum Gasteiger partial charge on any atom is -0.465 e. The van der Waals surface area contributed by atoms with Gasteiger partial charge >= 0.3 is 12.0 Å². The van der Waals surface area contributed by atoms with Crippen LogP contribution in [0.1, 0.15) is 6.92 Å². The number of rotatable bonds is 5. The number of carbonyl (C=O) groups is 2. The molecular formula is C12H15N3O5. The lowest BCUT2D eigenvalue weighted by Gasteiger charge is -2.16. The lowest BCUT2D eigenvalue weighted by molar-refractivity contribution is -0.384. The van der Waals surface area contributed by atoms with Crippen LogP contribution in [-0.2, 0) is 9.53 Å². The third-order valence-electron chi connectivity index (χ3n) is 2.33. The second-order valence-corrected chi connectivity index (χ2v) is 3.90. The first-order chi connectivity index (χ1) is 9.43. The van der Waals surface area contributed by atoms with Crippen LogP contribution < -0.4 is 5.32 Å². The van der Waals surface area contributed by atoms with Gasteiger partial charge in [0.15, 0.2) is 0 Å². The fraction of sp³-hybridized carbons (Fsp3) is 0.333. The largest absolute Gasteiger partial charge is 0.465 e. The van der Waals surface area contributed by atoms with Gasteiger partial charge in [-0.3, -0.25) is 14.9 Å². The predicted molar refractivity (Wildman–Crippen MR) is 71.4 cm³/mol. The van der Waals surface area contributed by atoms with E-state index in [2.05, 4.69) is 5.32 Å². The third kappa shape index (κ3) is 4.56. The zero-order valence-corrected chi connectivity index (χ0v) is 11.2. The van der Waals surface area contributed by atoms with E-state index in [1.807, 2.05) is 0 Å². The number of hydrogen-bond acceptors (Lipinski definition) is 5. The maximum Gasteiger partial charge on any atom is 0.325 e. The molecule has 0 aliphatic carbocycles. The van der Waals surface area contributed by atoms with Gasteiger partial charge in [-0.1, -0.05) is 6.07 Å². The first kappa shape index (κ1) is 15.4. The monoisotopic (exact) mass is 281 g/mol. The summed E-state index contributed by atoms with van der Waals surface area (Å²) < 4.78 is 4.71. The number of non-ortho nitro benzene ring substituents is 1. The molecule has 0 fully saturated rings. The highest BCUT2D eigenvalue weighted by Crippen LogP contribution is 2.17. The molecule has 1 N–H and O–H groups in total. The summed E-state index contributed by atoms with van der Waals surface area (Å²) in [7, 11) is 1.42. The lowest BCUT2D eigenvalue weighted by Crippen LogP contribution is -2.36. The van der Waals surface area contributed by atoms with Crippen LogP contribution in [0.15, 0.2) is 24.3 Å². The van der Waals surface area contributed by atoms with Crippen LogP contribution in [0.25, 0.3) is 0 Å². The molecule has 0 bridgehead atoms. The van der Waals surface area contributed by atoms with Gasteiger partial charge in [0.2, 0.25) is 0 Å². The number of nitro benzene ring substituents is 1. The average molecular weight is 281 g/mol. The summed E-state index contributed by atoms with van der Waals surface area (Å²) >= 11 is 0. The van der Waals surface area contributed by atoms with Gasteiger partial charge in [0, 0.05) is 24.9 Å². The Balaban J connectivity index is 2.63. The van der Waals surface area contributed by atoms with E-state index in [0.29, 0.717) is 0 Å². The molecule has 20 heavy (non-hydrogen) atoms. The van der Waals surface area contributed by atoms with Crippen LogP contribution >= 0.6 is 0 Å². The summed E-state index contributed by atoms with van der Waals surface area (Å²) in [6.45, 7) is 1.70. The maximum absolute atomic E-state index is 11.8. The Bertz CT molecular complexity index is 518. The van der Waals surface area contributed by atoms with Crippen LogP contribution in [0.2, 0.25) is 0 Å². The molecule has 108 valence electrons. The van der Waals surface area contributed by atoms with Crippen LogP contribution in [0, 0.1) is 10.1 Å². The Labute approximate surface area is 115 Å². The first-order valence-corrected chi connectivity index (χ1v) is 5.86. The Morgan fingerprint density at radius 3 is 2.75 bits per heavy atom. The molecule has 0 unspecified atom stereocenters. The number of hydrogen-bond donors (Lipinski definition) is 1. The van der Waals surface area contributed by atoms with E-state index in [-0.39, 0.29) is 24.5 Å². The maximum atomic E-state index is 11.8. The Hall–Kier alpha value is -2.64. The van der Waals surface area contributed by atoms with Gasteiger partial charge in [-0.15, -0.1) is 0 Å². The Morgan fingerprint density at radius 2 is 2.15 bits per heavy atom. The third-order valence-corrected chi connectivity index (χ3v) is 2.33. The van der Waals surface area contributed by atoms with Gasteiger partial charge in [-0.05, 0) is 13.0 Å². The summed E-state index contributed by atoms with van der Waals surface area (Å²) in [5, 5.41) is 13.1. The molecule has 0 aliphatic heterocycles. The number of nitro groups is 1. The zero-order chi connectivity index (χ0) is 15.1. The van der Waals surface area contributed by atoms with Crippen molar-refractivity contribution in [1.82, 2.24) is 4.90 Å². The normalized spacial score (nSPS) is 9.70. The first-order valence-electron chi connectivity index (χ1n) is 5.86. The van der Waals surface area contributed by atoms with Gasteiger partial charge < -0.3 is 15.0 Å². The molecule has 0 heterocycles. The summed E-state index contributed by atoms with van der Waals surface area (Å²) in [5.41, 5.74) is 0.149. The quantitative estimate of drug-likeness (QED) is 0.502. The number of ether oxygens (including phenoxy) is 1. The minimum absolute atomic E-state index is 0.129. The van der Waals surface area contributed by atoms with Gasteiger partial charge in [0.05, 0.1) is 11.5 Å². The van der Waals surface area contributed by atoms with Crippen molar-refractivity contribution < 1.29 is 19.2 Å². The smallest absolute Gasteiger partial charge is 0.325 e. The molecule has 8 nitrogen and oxygen atoms in total. The summed E-state index contributed by atoms with van der Waals surface area (Å²) in [6, 6.07) is 4.97. The number of urea groups is 1. The SMILES string of the molecule is CCOC(=O)CN(C)C(=O)Nc1cccc([N+](=O)[O-])c1. The van der Waals surface area contributed by atoms with Crippen molar-refractivity contribution in [1.29, 1.82) is 0 Å². The number of benzene rings is 1. The highest BCUT2D eigenvalue weighted by atomic mass is 16.6. The molecule has 0 aromatic heterocycles. The second kappa shape index (κ2) is 7.07. The van der Waals surface area contributed by atoms with Gasteiger partial charge in [0.25, 0.3) is 5.69 Å². The van der Waals surface area contributed by atoms with Crippen LogP contribution in [0.3, 0.4) is 0 Å². The molecule has 0 saturated heterocycles. The number of nitrogens with one attached hydrogen (secondary N) is 1. The molecule has 1 aromatic rings. The standard InChI is InChI=1S/C12H15N3O5/c1-3-20-11(16)8-14(2)12(17)13-9-5-4-6-10(7-9)15(18)19/h4-7H,3,8H2,1-2H3,(H,13,17). The lowest BCUT2D eigenvalue weighted by atomic mass is 10.3. The Morgan fingerprint density at radius 1 is 1.45 bits per heavy atom. The topological polar surface area (TPSA) is 102 Å². The van der Waals surface area contributed by atoms with Gasteiger partial charge in [-0.2, -0.15) is 0 Å². The van der Waals surface area contributed by atoms with Gasteiger partial charge in [0.1, 0.15) is 6.54 Å². The second-order valence-electron chi connectivity index (χ2n) is 3.90. The van der Waals surface area contributed by atoms with E-state index in [1.165, 1.54) is 31.3 Å². The van der Waals surface area contributed by atoms with Crippen molar-refractivity contribution in [2.75, 3.05) is 25.5 Å². The molecule has 0 saturated carbocycles. The summed E-state index contributed by atoms with van der Waals surface area (Å²) in [6.07, 6.45) is 0. The average Bonchev–Trinajstić information content (AvgIpc) is 2.39. The molecule has 0 radical (unpaired) electrons. The van der Waals surface area contributed by atoms with E-state index in [4.69, 9.17) is 4.74 Å². The van der Waals surface area contributed by atoms with E-state index in [1.54, 1.807) is 6.92 Å². The van der Waals surface area contributed by atoms with E-state index < -0.39 is 16.9 Å². The number of likely N-dealkylation sites (N-methyl/N-ethyl adjacent to an activating group) is 1. The number of amides is 2. The summed E-state index contributed by atoms with van der Waals surface area (Å²) in [5.74, 6) is -0.524. The molecule has 1 aromatic carbocycles. The molecular weight excluding hydrogens is 266 g/mol. The van der Waals surface area contributed by atoms with E-state index >= 15 is 0 Å². The molecule has 2 amide bonds. The van der Waals surface area contributed by atoms with E-state index in [0.717, 1.165) is 4.90 Å². The van der Waals surface area contributed by atoms with Crippen molar-refractivity contribution >= 4 is 23.4 Å². The Kier molecular flexibility index (Phi) is 5.45. The molecule has 0 atom stereocenters. The van der Waals surface area contributed by atoms with Crippen LogP contribution in [0.5, 0.6) is 0 Å². The number of nitrogens with zero attached hydrogens (tertiary/aromatic N) is 2. The minimum atomic E-state index is -0.558. The number of esters is 1. The zero-order valence-electron chi connectivity index (χ0n) is 11.2. The molecule has 0 spiro atoms. The van der Waals surface area contributed by atoms with E-state index in [9.17, 15) is 19.7 Å². The summed E-state index contributed by atoms with van der Waals surface area (Å²) in [4.78, 5) is 34.2. The number of anilines is 1. The number of carbonyl (C=O) groups excluding carboxylic acids is 2. The van der Waals surface area contributed by atoms with Crippen molar-refractivity contribution in [2.45, 2.75) is 6.92 Å². The molecule has 0 aliphatic rings. The highest BCUT2D eigenvalue weighted by molar-refractivity contribution is 5.91. The predicted octanol–water partition coefficient (Wildman–Crippen LogP) is 1.62. The molecule has 8 heteroatoms. The fourth-order valence-electron chi connectivity index (χ4n) is 1.39. The fourth-order valence-corrected chi connectivity index (χ4v) is 1.39. The van der Waals surface area contributed by atoms with Crippen molar-refractivity contribution in [3.8, 4) is 0 Å².